The van der Waals surface area contributed by atoms with Gasteiger partial charge >= 0.3 is 10.1 Å². The highest BCUT2D eigenvalue weighted by Gasteiger charge is 2.10. The molecule has 0 bridgehead atoms. The molecular formula is C9H9ClFNO3S. The standard InChI is InChI=1S/C9H9ClFNO3S/c1-2-16(13,14)15-12-9(10)7-5-3-4-6-8(7)11/h3-6H,2H2,1H3/b12-9-. The summed E-state index contributed by atoms with van der Waals surface area (Å²) in [6.07, 6.45) is 0. The summed E-state index contributed by atoms with van der Waals surface area (Å²) in [5, 5.41) is 2.80. The summed E-state index contributed by atoms with van der Waals surface area (Å²) >= 11 is 5.60. The van der Waals surface area contributed by atoms with Crippen LogP contribution in [0.3, 0.4) is 0 Å². The first kappa shape index (κ1) is 12.9. The van der Waals surface area contributed by atoms with Gasteiger partial charge in [0.1, 0.15) is 5.82 Å². The third-order valence-corrected chi connectivity index (χ3v) is 2.96. The molecule has 0 saturated carbocycles. The van der Waals surface area contributed by atoms with Gasteiger partial charge in [-0.1, -0.05) is 28.9 Å². The second kappa shape index (κ2) is 5.27. The van der Waals surface area contributed by atoms with Crippen molar-refractivity contribution in [2.24, 2.45) is 5.16 Å². The first-order valence-corrected chi connectivity index (χ1v) is 6.31. The number of hydrogen-bond donors (Lipinski definition) is 0. The zero-order chi connectivity index (χ0) is 12.2. The number of rotatable bonds is 4. The molecule has 0 radical (unpaired) electrons. The van der Waals surface area contributed by atoms with E-state index >= 15 is 0 Å². The van der Waals surface area contributed by atoms with Crippen LogP contribution in [-0.4, -0.2) is 19.3 Å². The Kier molecular flexibility index (Phi) is 4.26. The van der Waals surface area contributed by atoms with Gasteiger partial charge in [-0.15, -0.1) is 0 Å². The van der Waals surface area contributed by atoms with Crippen molar-refractivity contribution in [3.05, 3.63) is 35.6 Å². The Morgan fingerprint density at radius 2 is 2.12 bits per heavy atom. The van der Waals surface area contributed by atoms with Gasteiger partial charge in [-0.2, -0.15) is 8.42 Å². The van der Waals surface area contributed by atoms with Gasteiger partial charge in [-0.05, 0) is 19.1 Å². The van der Waals surface area contributed by atoms with Crippen LogP contribution in [0.5, 0.6) is 0 Å². The molecule has 1 aromatic carbocycles. The second-order valence-electron chi connectivity index (χ2n) is 2.78. The Balaban J connectivity index is 2.91. The zero-order valence-electron chi connectivity index (χ0n) is 8.35. The summed E-state index contributed by atoms with van der Waals surface area (Å²) in [5.74, 6) is -0.841. The highest BCUT2D eigenvalue weighted by molar-refractivity contribution is 7.86. The summed E-state index contributed by atoms with van der Waals surface area (Å²) in [6, 6.07) is 5.57. The molecule has 0 aliphatic heterocycles. The van der Waals surface area contributed by atoms with Crippen molar-refractivity contribution in [1.29, 1.82) is 0 Å². The van der Waals surface area contributed by atoms with Crippen LogP contribution < -0.4 is 0 Å². The topological polar surface area (TPSA) is 55.7 Å². The molecule has 4 nitrogen and oxygen atoms in total. The van der Waals surface area contributed by atoms with E-state index in [2.05, 4.69) is 9.44 Å². The van der Waals surface area contributed by atoms with Crippen LogP contribution in [0, 0.1) is 5.82 Å². The maximum atomic E-state index is 13.2. The average molecular weight is 266 g/mol. The van der Waals surface area contributed by atoms with E-state index in [-0.39, 0.29) is 16.5 Å². The van der Waals surface area contributed by atoms with Gasteiger partial charge in [-0.25, -0.2) is 4.39 Å². The predicted molar refractivity (Wildman–Crippen MR) is 59.3 cm³/mol. The van der Waals surface area contributed by atoms with Crippen LogP contribution >= 0.6 is 11.6 Å². The van der Waals surface area contributed by atoms with E-state index in [0.29, 0.717) is 0 Å². The van der Waals surface area contributed by atoms with Gasteiger partial charge in [0.25, 0.3) is 0 Å². The smallest absolute Gasteiger partial charge is 0.267 e. The zero-order valence-corrected chi connectivity index (χ0v) is 9.93. The molecule has 16 heavy (non-hydrogen) atoms. The van der Waals surface area contributed by atoms with Crippen LogP contribution in [0.25, 0.3) is 0 Å². The van der Waals surface area contributed by atoms with Crippen molar-refractivity contribution >= 4 is 26.9 Å². The van der Waals surface area contributed by atoms with Crippen molar-refractivity contribution in [3.63, 3.8) is 0 Å². The highest BCUT2D eigenvalue weighted by atomic mass is 35.5. The number of nitrogens with zero attached hydrogens (tertiary/aromatic N) is 1. The molecule has 0 aromatic heterocycles. The Bertz CT molecular complexity index is 501. The van der Waals surface area contributed by atoms with Gasteiger partial charge < -0.3 is 0 Å². The summed E-state index contributed by atoms with van der Waals surface area (Å²) in [7, 11) is -3.73. The molecule has 0 N–H and O–H groups in total. The third-order valence-electron chi connectivity index (χ3n) is 1.68. The first-order chi connectivity index (χ1) is 7.46. The summed E-state index contributed by atoms with van der Waals surface area (Å²) in [6.45, 7) is 1.39. The van der Waals surface area contributed by atoms with Crippen molar-refractivity contribution < 1.29 is 17.1 Å². The molecule has 0 amide bonds. The SMILES string of the molecule is CCS(=O)(=O)O/N=C(\Cl)c1ccccc1F. The van der Waals surface area contributed by atoms with Gasteiger partial charge in [-0.3, -0.25) is 4.28 Å². The fourth-order valence-electron chi connectivity index (χ4n) is 0.820. The lowest BCUT2D eigenvalue weighted by Crippen LogP contribution is -2.06. The van der Waals surface area contributed by atoms with Gasteiger partial charge in [0.05, 0.1) is 11.3 Å². The molecule has 7 heteroatoms. The molecule has 0 unspecified atom stereocenters. The lowest BCUT2D eigenvalue weighted by molar-refractivity contribution is 0.341. The molecule has 0 spiro atoms. The van der Waals surface area contributed by atoms with Gasteiger partial charge in [0.2, 0.25) is 0 Å². The normalized spacial score (nSPS) is 12.6. The van der Waals surface area contributed by atoms with Crippen LogP contribution in [0.1, 0.15) is 12.5 Å². The Morgan fingerprint density at radius 3 is 2.69 bits per heavy atom. The van der Waals surface area contributed by atoms with E-state index < -0.39 is 15.9 Å². The van der Waals surface area contributed by atoms with Gasteiger partial charge in [0.15, 0.2) is 5.17 Å². The summed E-state index contributed by atoms with van der Waals surface area (Å²) in [4.78, 5) is 0. The quantitative estimate of drug-likeness (QED) is 0.619. The minimum Gasteiger partial charge on any atom is -0.267 e. The summed E-state index contributed by atoms with van der Waals surface area (Å²) in [5.41, 5.74) is -0.0181. The molecule has 1 rings (SSSR count). The molecule has 0 atom stereocenters. The molecule has 1 aromatic rings. The Morgan fingerprint density at radius 1 is 1.50 bits per heavy atom. The minimum atomic E-state index is -3.73. The van der Waals surface area contributed by atoms with Crippen LogP contribution in [0.2, 0.25) is 0 Å². The maximum absolute atomic E-state index is 13.2. The monoisotopic (exact) mass is 265 g/mol. The Hall–Kier alpha value is -1.14. The van der Waals surface area contributed by atoms with Crippen LogP contribution in [-0.2, 0) is 14.4 Å². The largest absolute Gasteiger partial charge is 0.328 e. The van der Waals surface area contributed by atoms with Crippen molar-refractivity contribution in [3.8, 4) is 0 Å². The number of oxime groups is 1. The molecule has 0 fully saturated rings. The first-order valence-electron chi connectivity index (χ1n) is 4.36. The van der Waals surface area contributed by atoms with Crippen molar-refractivity contribution in [1.82, 2.24) is 0 Å². The van der Waals surface area contributed by atoms with Crippen molar-refractivity contribution in [2.45, 2.75) is 6.92 Å². The van der Waals surface area contributed by atoms with E-state index in [1.165, 1.54) is 25.1 Å². The van der Waals surface area contributed by atoms with Crippen molar-refractivity contribution in [2.75, 3.05) is 5.75 Å². The van der Waals surface area contributed by atoms with Gasteiger partial charge in [0, 0.05) is 0 Å². The fraction of sp³-hybridized carbons (Fsp3) is 0.222. The molecule has 0 aliphatic rings. The minimum absolute atomic E-state index is 0.0181. The number of halogens is 2. The Labute approximate surface area is 97.8 Å². The molecular weight excluding hydrogens is 257 g/mol. The van der Waals surface area contributed by atoms with E-state index in [0.717, 1.165) is 0 Å². The number of benzene rings is 1. The van der Waals surface area contributed by atoms with E-state index in [4.69, 9.17) is 11.6 Å². The van der Waals surface area contributed by atoms with Crippen LogP contribution in [0.4, 0.5) is 4.39 Å². The van der Waals surface area contributed by atoms with E-state index in [9.17, 15) is 12.8 Å². The molecule has 0 heterocycles. The third kappa shape index (κ3) is 3.46. The summed E-state index contributed by atoms with van der Waals surface area (Å²) < 4.78 is 39.3. The van der Waals surface area contributed by atoms with E-state index in [1.54, 1.807) is 6.07 Å². The molecule has 0 saturated heterocycles. The average Bonchev–Trinajstić information content (AvgIpc) is 2.27. The predicted octanol–water partition coefficient (Wildman–Crippen LogP) is 2.09. The second-order valence-corrected chi connectivity index (χ2v) is 4.98. The lowest BCUT2D eigenvalue weighted by atomic mass is 10.2. The van der Waals surface area contributed by atoms with Crippen LogP contribution in [0.15, 0.2) is 29.4 Å². The maximum Gasteiger partial charge on any atom is 0.328 e. The molecule has 0 aliphatic carbocycles. The lowest BCUT2D eigenvalue weighted by Gasteiger charge is -2.00. The highest BCUT2D eigenvalue weighted by Crippen LogP contribution is 2.11. The fourth-order valence-corrected chi connectivity index (χ4v) is 1.34. The van der Waals surface area contributed by atoms with E-state index in [1.807, 2.05) is 0 Å². The molecule has 88 valence electrons. The number of hydrogen-bond acceptors (Lipinski definition) is 4.